The van der Waals surface area contributed by atoms with Crippen molar-refractivity contribution in [2.45, 2.75) is 0 Å². The molecule has 0 unspecified atom stereocenters. The molecular formula is C9H7CuNO. The molecule has 0 saturated heterocycles. The van der Waals surface area contributed by atoms with Crippen molar-refractivity contribution in [3.63, 3.8) is 0 Å². The molecule has 0 bridgehead atoms. The van der Waals surface area contributed by atoms with Gasteiger partial charge in [-0.05, 0) is 24.3 Å². The third-order valence-electron chi connectivity index (χ3n) is 1.59. The third-order valence-corrected chi connectivity index (χ3v) is 1.59. The van der Waals surface area contributed by atoms with Gasteiger partial charge in [0.2, 0.25) is 0 Å². The summed E-state index contributed by atoms with van der Waals surface area (Å²) in [5.74, 6) is 0.283. The number of aromatic nitrogens is 1. The molecule has 2 aromatic rings. The van der Waals surface area contributed by atoms with Crippen LogP contribution in [-0.2, 0) is 17.1 Å². The van der Waals surface area contributed by atoms with E-state index in [1.54, 1.807) is 24.4 Å². The Hall–Kier alpha value is -1.05. The van der Waals surface area contributed by atoms with Gasteiger partial charge in [0.1, 0.15) is 5.75 Å². The molecule has 0 fully saturated rings. The molecule has 0 saturated carbocycles. The number of phenols is 1. The molecule has 0 aliphatic rings. The predicted molar refractivity (Wildman–Crippen MR) is 43.4 cm³/mol. The second kappa shape index (κ2) is 3.57. The average Bonchev–Trinajstić information content (AvgIpc) is 2.04. The number of aromatic hydroxyl groups is 1. The van der Waals surface area contributed by atoms with E-state index in [0.717, 1.165) is 10.9 Å². The van der Waals surface area contributed by atoms with E-state index in [4.69, 9.17) is 5.11 Å². The zero-order valence-corrected chi connectivity index (χ0v) is 7.10. The van der Waals surface area contributed by atoms with Crippen LogP contribution in [0.3, 0.4) is 0 Å². The first-order chi connectivity index (χ1) is 5.36. The van der Waals surface area contributed by atoms with Gasteiger partial charge >= 0.3 is 0 Å². The first-order valence-electron chi connectivity index (χ1n) is 3.40. The summed E-state index contributed by atoms with van der Waals surface area (Å²) < 4.78 is 0. The van der Waals surface area contributed by atoms with Crippen LogP contribution in [0.2, 0.25) is 0 Å². The molecule has 2 nitrogen and oxygen atoms in total. The van der Waals surface area contributed by atoms with Crippen molar-refractivity contribution in [2.75, 3.05) is 0 Å². The molecule has 0 spiro atoms. The number of fused-ring (bicyclic) bond motifs is 1. The molecule has 1 heterocycles. The van der Waals surface area contributed by atoms with Crippen LogP contribution in [0.1, 0.15) is 0 Å². The average molecular weight is 209 g/mol. The Balaban J connectivity index is 0.000000720. The summed E-state index contributed by atoms with van der Waals surface area (Å²) in [5, 5.41) is 10.1. The fourth-order valence-corrected chi connectivity index (χ4v) is 1.06. The van der Waals surface area contributed by atoms with Gasteiger partial charge in [0, 0.05) is 28.7 Å². The van der Waals surface area contributed by atoms with Crippen LogP contribution in [-0.4, -0.2) is 10.1 Å². The van der Waals surface area contributed by atoms with E-state index in [2.05, 4.69) is 4.98 Å². The van der Waals surface area contributed by atoms with Gasteiger partial charge in [-0.2, -0.15) is 0 Å². The predicted octanol–water partition coefficient (Wildman–Crippen LogP) is 1.94. The summed E-state index contributed by atoms with van der Waals surface area (Å²) in [6.07, 6.45) is 1.74. The molecule has 3 heteroatoms. The summed E-state index contributed by atoms with van der Waals surface area (Å²) in [5.41, 5.74) is 0.908. The normalized spacial score (nSPS) is 9.33. The second-order valence-electron chi connectivity index (χ2n) is 2.38. The molecule has 65 valence electrons. The third kappa shape index (κ3) is 1.58. The maximum absolute atomic E-state index is 9.10. The molecule has 1 aromatic heterocycles. The smallest absolute Gasteiger partial charge is 0.116 e. The van der Waals surface area contributed by atoms with E-state index >= 15 is 0 Å². The van der Waals surface area contributed by atoms with Crippen molar-refractivity contribution < 1.29 is 22.2 Å². The van der Waals surface area contributed by atoms with Crippen molar-refractivity contribution in [2.24, 2.45) is 0 Å². The van der Waals surface area contributed by atoms with Crippen LogP contribution in [0.5, 0.6) is 5.75 Å². The first kappa shape index (κ1) is 9.04. The van der Waals surface area contributed by atoms with E-state index in [1.807, 2.05) is 12.1 Å². The Morgan fingerprint density at radius 3 is 2.83 bits per heavy atom. The van der Waals surface area contributed by atoms with E-state index in [9.17, 15) is 0 Å². The number of rotatable bonds is 0. The number of phenolic OH excluding ortho intramolecular Hbond substituents is 1. The molecule has 1 radical (unpaired) electrons. The summed E-state index contributed by atoms with van der Waals surface area (Å²) >= 11 is 0. The Morgan fingerprint density at radius 2 is 2.00 bits per heavy atom. The maximum atomic E-state index is 9.10. The minimum Gasteiger partial charge on any atom is -0.508 e. The fourth-order valence-electron chi connectivity index (χ4n) is 1.06. The van der Waals surface area contributed by atoms with Gasteiger partial charge in [0.05, 0.1) is 5.52 Å². The Labute approximate surface area is 80.7 Å². The van der Waals surface area contributed by atoms with Crippen molar-refractivity contribution in [1.29, 1.82) is 0 Å². The molecule has 0 aliphatic heterocycles. The number of pyridine rings is 1. The molecule has 1 N–H and O–H groups in total. The molecule has 0 amide bonds. The van der Waals surface area contributed by atoms with E-state index < -0.39 is 0 Å². The number of hydrogen-bond donors (Lipinski definition) is 1. The van der Waals surface area contributed by atoms with Gasteiger partial charge in [0.15, 0.2) is 0 Å². The van der Waals surface area contributed by atoms with Gasteiger partial charge in [-0.3, -0.25) is 4.98 Å². The van der Waals surface area contributed by atoms with E-state index in [-0.39, 0.29) is 22.8 Å². The molecule has 12 heavy (non-hydrogen) atoms. The zero-order valence-electron chi connectivity index (χ0n) is 6.16. The fraction of sp³-hybridized carbons (Fsp3) is 0. The van der Waals surface area contributed by atoms with Crippen LogP contribution in [0.4, 0.5) is 0 Å². The minimum atomic E-state index is 0. The molecular weight excluding hydrogens is 202 g/mol. The van der Waals surface area contributed by atoms with Crippen LogP contribution in [0, 0.1) is 0 Å². The Kier molecular flexibility index (Phi) is 2.69. The van der Waals surface area contributed by atoms with E-state index in [1.165, 1.54) is 0 Å². The largest absolute Gasteiger partial charge is 0.508 e. The Morgan fingerprint density at radius 1 is 1.17 bits per heavy atom. The summed E-state index contributed by atoms with van der Waals surface area (Å²) in [7, 11) is 0. The standard InChI is InChI=1S/C9H7NO.Cu/c11-8-3-4-9-7(6-8)2-1-5-10-9;/h1-6,11H;. The van der Waals surface area contributed by atoms with Gasteiger partial charge < -0.3 is 5.11 Å². The molecule has 2 rings (SSSR count). The second-order valence-corrected chi connectivity index (χ2v) is 2.38. The number of hydrogen-bond acceptors (Lipinski definition) is 2. The van der Waals surface area contributed by atoms with Crippen LogP contribution < -0.4 is 0 Å². The van der Waals surface area contributed by atoms with Gasteiger partial charge in [-0.1, -0.05) is 6.07 Å². The van der Waals surface area contributed by atoms with Gasteiger partial charge in [0.25, 0.3) is 0 Å². The quantitative estimate of drug-likeness (QED) is 0.672. The SMILES string of the molecule is Oc1ccc2ncccc2c1.[Cu]. The first-order valence-corrected chi connectivity index (χ1v) is 3.40. The summed E-state index contributed by atoms with van der Waals surface area (Å²) in [6.45, 7) is 0. The van der Waals surface area contributed by atoms with E-state index in [0.29, 0.717) is 0 Å². The van der Waals surface area contributed by atoms with Crippen molar-refractivity contribution in [3.8, 4) is 5.75 Å². The number of benzene rings is 1. The molecule has 0 atom stereocenters. The summed E-state index contributed by atoms with van der Waals surface area (Å²) in [6, 6.07) is 8.90. The molecule has 0 aliphatic carbocycles. The topological polar surface area (TPSA) is 33.1 Å². The van der Waals surface area contributed by atoms with Crippen molar-refractivity contribution >= 4 is 10.9 Å². The Bertz CT molecular complexity index is 389. The zero-order chi connectivity index (χ0) is 7.68. The molecule has 1 aromatic carbocycles. The maximum Gasteiger partial charge on any atom is 0.116 e. The minimum absolute atomic E-state index is 0. The van der Waals surface area contributed by atoms with Crippen molar-refractivity contribution in [3.05, 3.63) is 36.5 Å². The van der Waals surface area contributed by atoms with Crippen molar-refractivity contribution in [1.82, 2.24) is 4.98 Å². The van der Waals surface area contributed by atoms with Gasteiger partial charge in [-0.25, -0.2) is 0 Å². The number of nitrogens with zero attached hydrogens (tertiary/aromatic N) is 1. The monoisotopic (exact) mass is 208 g/mol. The van der Waals surface area contributed by atoms with Gasteiger partial charge in [-0.15, -0.1) is 0 Å². The van der Waals surface area contributed by atoms with Crippen LogP contribution in [0.15, 0.2) is 36.5 Å². The van der Waals surface area contributed by atoms with Crippen LogP contribution >= 0.6 is 0 Å². The summed E-state index contributed by atoms with van der Waals surface area (Å²) in [4.78, 5) is 4.11. The van der Waals surface area contributed by atoms with Crippen LogP contribution in [0.25, 0.3) is 10.9 Å².